The van der Waals surface area contributed by atoms with E-state index in [0.717, 1.165) is 24.5 Å². The highest BCUT2D eigenvalue weighted by Gasteiger charge is 2.25. The molecule has 1 heterocycles. The maximum Gasteiger partial charge on any atom is 0.0207 e. The summed E-state index contributed by atoms with van der Waals surface area (Å²) in [6.07, 6.45) is 2.66. The molecule has 1 rings (SSSR count). The molecule has 1 aliphatic heterocycles. The molecule has 14 heavy (non-hydrogen) atoms. The molecular weight excluding hydrogens is 172 g/mol. The summed E-state index contributed by atoms with van der Waals surface area (Å²) in [6.45, 7) is 12.8. The number of likely N-dealkylation sites (N-methyl/N-ethyl adjacent to an activating group) is 1. The molecule has 1 saturated heterocycles. The van der Waals surface area contributed by atoms with Crippen LogP contribution in [0, 0.1) is 5.92 Å². The van der Waals surface area contributed by atoms with Crippen LogP contribution in [0.2, 0.25) is 0 Å². The van der Waals surface area contributed by atoms with E-state index < -0.39 is 0 Å². The Kier molecular flexibility index (Phi) is 4.90. The van der Waals surface area contributed by atoms with Gasteiger partial charge in [-0.3, -0.25) is 4.90 Å². The first-order chi connectivity index (χ1) is 6.63. The Morgan fingerprint density at radius 2 is 2.07 bits per heavy atom. The van der Waals surface area contributed by atoms with E-state index in [2.05, 4.69) is 37.9 Å². The lowest BCUT2D eigenvalue weighted by Gasteiger charge is -2.25. The van der Waals surface area contributed by atoms with Crippen molar-refractivity contribution in [2.75, 3.05) is 19.6 Å². The van der Waals surface area contributed by atoms with Crippen LogP contribution in [-0.2, 0) is 0 Å². The molecule has 2 unspecified atom stereocenters. The van der Waals surface area contributed by atoms with Gasteiger partial charge in [-0.15, -0.1) is 0 Å². The van der Waals surface area contributed by atoms with Gasteiger partial charge in [0.1, 0.15) is 0 Å². The fourth-order valence-corrected chi connectivity index (χ4v) is 2.47. The second kappa shape index (κ2) is 5.72. The average Bonchev–Trinajstić information content (AvgIpc) is 2.52. The maximum atomic E-state index is 3.54. The number of nitrogens with one attached hydrogen (secondary N) is 1. The van der Waals surface area contributed by atoms with Crippen LogP contribution < -0.4 is 5.32 Å². The lowest BCUT2D eigenvalue weighted by molar-refractivity contribution is 0.223. The van der Waals surface area contributed by atoms with Gasteiger partial charge in [0, 0.05) is 25.2 Å². The molecule has 84 valence electrons. The van der Waals surface area contributed by atoms with E-state index in [1.54, 1.807) is 0 Å². The summed E-state index contributed by atoms with van der Waals surface area (Å²) in [7, 11) is 0. The Balaban J connectivity index is 2.26. The van der Waals surface area contributed by atoms with Crippen LogP contribution in [0.3, 0.4) is 0 Å². The molecule has 0 saturated carbocycles. The summed E-state index contributed by atoms with van der Waals surface area (Å²) in [5.74, 6) is 0.822. The molecule has 0 radical (unpaired) electrons. The van der Waals surface area contributed by atoms with Crippen LogP contribution in [-0.4, -0.2) is 36.6 Å². The fraction of sp³-hybridized carbons (Fsp3) is 1.00. The highest BCUT2D eigenvalue weighted by atomic mass is 15.2. The van der Waals surface area contributed by atoms with Gasteiger partial charge in [0.05, 0.1) is 0 Å². The Morgan fingerprint density at radius 1 is 1.36 bits per heavy atom. The van der Waals surface area contributed by atoms with Crippen molar-refractivity contribution in [3.8, 4) is 0 Å². The topological polar surface area (TPSA) is 15.3 Å². The summed E-state index contributed by atoms with van der Waals surface area (Å²) in [5.41, 5.74) is 0. The number of hydrogen-bond acceptors (Lipinski definition) is 2. The molecule has 0 aromatic heterocycles. The van der Waals surface area contributed by atoms with Crippen LogP contribution in [0.1, 0.15) is 40.5 Å². The van der Waals surface area contributed by atoms with Gasteiger partial charge in [0.2, 0.25) is 0 Å². The van der Waals surface area contributed by atoms with Crippen LogP contribution in [0.25, 0.3) is 0 Å². The summed E-state index contributed by atoms with van der Waals surface area (Å²) < 4.78 is 0. The van der Waals surface area contributed by atoms with Crippen molar-refractivity contribution in [3.05, 3.63) is 0 Å². The third kappa shape index (κ3) is 3.58. The van der Waals surface area contributed by atoms with Gasteiger partial charge in [0.25, 0.3) is 0 Å². The molecule has 2 nitrogen and oxygen atoms in total. The van der Waals surface area contributed by atoms with Crippen LogP contribution in [0.15, 0.2) is 0 Å². The number of rotatable bonds is 5. The summed E-state index contributed by atoms with van der Waals surface area (Å²) in [6, 6.07) is 1.51. The van der Waals surface area contributed by atoms with Crippen LogP contribution >= 0.6 is 0 Å². The first kappa shape index (κ1) is 12.0. The average molecular weight is 198 g/mol. The van der Waals surface area contributed by atoms with Crippen LogP contribution in [0.4, 0.5) is 0 Å². The second-order valence-corrected chi connectivity index (χ2v) is 5.02. The van der Waals surface area contributed by atoms with Crippen molar-refractivity contribution < 1.29 is 0 Å². The second-order valence-electron chi connectivity index (χ2n) is 5.02. The van der Waals surface area contributed by atoms with Crippen LogP contribution in [0.5, 0.6) is 0 Å². The lowest BCUT2D eigenvalue weighted by Crippen LogP contribution is -2.36. The van der Waals surface area contributed by atoms with Gasteiger partial charge in [-0.25, -0.2) is 0 Å². The highest BCUT2D eigenvalue weighted by molar-refractivity contribution is 4.83. The molecule has 0 aromatic carbocycles. The SMILES string of the molecule is CCNC1CCN(C(C)CC(C)C)C1. The van der Waals surface area contributed by atoms with Gasteiger partial charge in [-0.1, -0.05) is 20.8 Å². The van der Waals surface area contributed by atoms with Crippen molar-refractivity contribution in [1.29, 1.82) is 0 Å². The van der Waals surface area contributed by atoms with Gasteiger partial charge < -0.3 is 5.32 Å². The van der Waals surface area contributed by atoms with E-state index >= 15 is 0 Å². The Morgan fingerprint density at radius 3 is 2.64 bits per heavy atom. The quantitative estimate of drug-likeness (QED) is 0.728. The molecule has 1 N–H and O–H groups in total. The summed E-state index contributed by atoms with van der Waals surface area (Å²) in [4.78, 5) is 2.63. The van der Waals surface area contributed by atoms with Gasteiger partial charge in [0.15, 0.2) is 0 Å². The smallest absolute Gasteiger partial charge is 0.0207 e. The van der Waals surface area contributed by atoms with E-state index in [9.17, 15) is 0 Å². The number of likely N-dealkylation sites (tertiary alicyclic amines) is 1. The first-order valence-electron chi connectivity index (χ1n) is 6.11. The summed E-state index contributed by atoms with van der Waals surface area (Å²) >= 11 is 0. The zero-order valence-corrected chi connectivity index (χ0v) is 10.2. The fourth-order valence-electron chi connectivity index (χ4n) is 2.47. The van der Waals surface area contributed by atoms with Crippen molar-refractivity contribution >= 4 is 0 Å². The zero-order valence-electron chi connectivity index (χ0n) is 10.2. The molecule has 0 amide bonds. The first-order valence-corrected chi connectivity index (χ1v) is 6.11. The number of nitrogens with zero attached hydrogens (tertiary/aromatic N) is 1. The standard InChI is InChI=1S/C12H26N2/c1-5-13-12-6-7-14(9-12)11(4)8-10(2)3/h10-13H,5-9H2,1-4H3. The minimum absolute atomic E-state index is 0.745. The predicted molar refractivity (Wildman–Crippen MR) is 62.6 cm³/mol. The van der Waals surface area contributed by atoms with Crippen molar-refractivity contribution in [2.45, 2.75) is 52.6 Å². The predicted octanol–water partition coefficient (Wildman–Crippen LogP) is 2.10. The molecule has 1 fully saturated rings. The van der Waals surface area contributed by atoms with E-state index in [-0.39, 0.29) is 0 Å². The Labute approximate surface area is 89.1 Å². The zero-order chi connectivity index (χ0) is 10.6. The van der Waals surface area contributed by atoms with Gasteiger partial charge in [-0.05, 0) is 32.2 Å². The molecular formula is C12H26N2. The molecule has 0 bridgehead atoms. The lowest BCUT2D eigenvalue weighted by atomic mass is 10.0. The Bertz CT molecular complexity index is 156. The van der Waals surface area contributed by atoms with Crippen molar-refractivity contribution in [1.82, 2.24) is 10.2 Å². The number of hydrogen-bond donors (Lipinski definition) is 1. The molecule has 2 atom stereocenters. The normalized spacial score (nSPS) is 25.9. The molecule has 1 aliphatic rings. The third-order valence-electron chi connectivity index (χ3n) is 3.15. The van der Waals surface area contributed by atoms with E-state index in [0.29, 0.717) is 0 Å². The highest BCUT2D eigenvalue weighted by Crippen LogP contribution is 2.17. The van der Waals surface area contributed by atoms with Gasteiger partial charge >= 0.3 is 0 Å². The largest absolute Gasteiger partial charge is 0.313 e. The van der Waals surface area contributed by atoms with Crippen molar-refractivity contribution in [3.63, 3.8) is 0 Å². The minimum Gasteiger partial charge on any atom is -0.313 e. The van der Waals surface area contributed by atoms with E-state index in [4.69, 9.17) is 0 Å². The molecule has 0 spiro atoms. The third-order valence-corrected chi connectivity index (χ3v) is 3.15. The maximum absolute atomic E-state index is 3.54. The minimum atomic E-state index is 0.745. The Hall–Kier alpha value is -0.0800. The van der Waals surface area contributed by atoms with Gasteiger partial charge in [-0.2, -0.15) is 0 Å². The molecule has 0 aromatic rings. The molecule has 0 aliphatic carbocycles. The van der Waals surface area contributed by atoms with Crippen molar-refractivity contribution in [2.24, 2.45) is 5.92 Å². The van der Waals surface area contributed by atoms with E-state index in [1.807, 2.05) is 0 Å². The monoisotopic (exact) mass is 198 g/mol. The van der Waals surface area contributed by atoms with E-state index in [1.165, 1.54) is 25.9 Å². The summed E-state index contributed by atoms with van der Waals surface area (Å²) in [5, 5.41) is 3.54. The molecule has 2 heteroatoms.